The van der Waals surface area contributed by atoms with Gasteiger partial charge in [-0.1, -0.05) is 12.8 Å². The summed E-state index contributed by atoms with van der Waals surface area (Å²) in [5, 5.41) is 0. The highest BCUT2D eigenvalue weighted by atomic mass is 16.2. The summed E-state index contributed by atoms with van der Waals surface area (Å²) in [6.45, 7) is 0.604. The Bertz CT molecular complexity index is 354. The van der Waals surface area contributed by atoms with E-state index in [-0.39, 0.29) is 11.7 Å². The molecule has 0 aromatic heterocycles. The number of likely N-dealkylation sites (tertiary alicyclic amines) is 1. The topological polar surface area (TPSA) is 40.6 Å². The molecule has 1 amide bonds. The van der Waals surface area contributed by atoms with Crippen LogP contribution in [0.1, 0.15) is 32.1 Å². The van der Waals surface area contributed by atoms with E-state index in [4.69, 9.17) is 0 Å². The zero-order valence-corrected chi connectivity index (χ0v) is 10.6. The molecule has 2 fully saturated rings. The molecule has 4 heteroatoms. The molecule has 0 radical (unpaired) electrons. The van der Waals surface area contributed by atoms with Crippen molar-refractivity contribution < 1.29 is 9.59 Å². The van der Waals surface area contributed by atoms with Crippen molar-refractivity contribution in [3.05, 3.63) is 11.8 Å². The van der Waals surface area contributed by atoms with Gasteiger partial charge in [0, 0.05) is 39.3 Å². The zero-order chi connectivity index (χ0) is 12.4. The molecule has 0 spiro atoms. The molecule has 0 aromatic rings. The molecular weight excluding hydrogens is 216 g/mol. The van der Waals surface area contributed by atoms with Gasteiger partial charge in [0.15, 0.2) is 5.78 Å². The molecule has 2 aliphatic rings. The molecule has 1 aliphatic heterocycles. The third-order valence-electron chi connectivity index (χ3n) is 3.52. The molecule has 1 saturated carbocycles. The summed E-state index contributed by atoms with van der Waals surface area (Å²) in [4.78, 5) is 27.7. The summed E-state index contributed by atoms with van der Waals surface area (Å²) in [5.74, 6) is -0.0835. The number of carbonyl (C=O) groups is 2. The average Bonchev–Trinajstić information content (AvgIpc) is 2.77. The maximum Gasteiger partial charge on any atom is 0.259 e. The normalized spacial score (nSPS) is 24.8. The smallest absolute Gasteiger partial charge is 0.259 e. The number of hydrogen-bond donors (Lipinski definition) is 0. The Labute approximate surface area is 102 Å². The molecule has 1 aliphatic carbocycles. The van der Waals surface area contributed by atoms with Crippen LogP contribution >= 0.6 is 0 Å². The van der Waals surface area contributed by atoms with E-state index >= 15 is 0 Å². The summed E-state index contributed by atoms with van der Waals surface area (Å²) in [7, 11) is 3.67. The molecule has 1 saturated heterocycles. The van der Waals surface area contributed by atoms with Gasteiger partial charge in [0.1, 0.15) is 0 Å². The van der Waals surface area contributed by atoms with Gasteiger partial charge in [0.2, 0.25) is 0 Å². The molecule has 1 heterocycles. The molecule has 94 valence electrons. The standard InChI is InChI=1S/C13H20N2O2/c1-14(2)9-11-12(16)7-8-15(13(11)17)10-5-3-4-6-10/h9-10H,3-8H2,1-2H3. The molecule has 0 N–H and O–H groups in total. The van der Waals surface area contributed by atoms with Gasteiger partial charge >= 0.3 is 0 Å². The summed E-state index contributed by atoms with van der Waals surface area (Å²) < 4.78 is 0. The van der Waals surface area contributed by atoms with Crippen molar-refractivity contribution >= 4 is 11.7 Å². The second-order valence-electron chi connectivity index (χ2n) is 5.12. The molecule has 17 heavy (non-hydrogen) atoms. The lowest BCUT2D eigenvalue weighted by molar-refractivity contribution is -0.135. The first-order chi connectivity index (χ1) is 8.09. The van der Waals surface area contributed by atoms with Crippen LogP contribution in [0.15, 0.2) is 11.8 Å². The van der Waals surface area contributed by atoms with Crippen molar-refractivity contribution in [3.63, 3.8) is 0 Å². The zero-order valence-electron chi connectivity index (χ0n) is 10.6. The fraction of sp³-hybridized carbons (Fsp3) is 0.692. The van der Waals surface area contributed by atoms with Gasteiger partial charge < -0.3 is 9.80 Å². The van der Waals surface area contributed by atoms with Crippen molar-refractivity contribution in [2.45, 2.75) is 38.1 Å². The lowest BCUT2D eigenvalue weighted by atomic mass is 10.0. The monoisotopic (exact) mass is 236 g/mol. The van der Waals surface area contributed by atoms with E-state index in [1.165, 1.54) is 12.8 Å². The molecular formula is C13H20N2O2. The van der Waals surface area contributed by atoms with Crippen molar-refractivity contribution in [2.24, 2.45) is 0 Å². The first kappa shape index (κ1) is 12.1. The van der Waals surface area contributed by atoms with Crippen LogP contribution in [0, 0.1) is 0 Å². The summed E-state index contributed by atoms with van der Waals surface area (Å²) in [6.07, 6.45) is 6.72. The maximum absolute atomic E-state index is 12.3. The molecule has 0 aromatic carbocycles. The Balaban J connectivity index is 2.16. The van der Waals surface area contributed by atoms with E-state index in [2.05, 4.69) is 0 Å². The van der Waals surface area contributed by atoms with E-state index < -0.39 is 0 Å². The second-order valence-corrected chi connectivity index (χ2v) is 5.12. The van der Waals surface area contributed by atoms with Crippen LogP contribution in [-0.2, 0) is 9.59 Å². The van der Waals surface area contributed by atoms with E-state index in [0.717, 1.165) is 12.8 Å². The molecule has 0 unspecified atom stereocenters. The number of Topliss-reactive ketones (excluding diaryl/α,β-unsaturated/α-hetero) is 1. The summed E-state index contributed by atoms with van der Waals surface area (Å²) in [5.41, 5.74) is 0.355. The maximum atomic E-state index is 12.3. The van der Waals surface area contributed by atoms with Gasteiger partial charge in [-0.2, -0.15) is 0 Å². The van der Waals surface area contributed by atoms with E-state index in [9.17, 15) is 9.59 Å². The van der Waals surface area contributed by atoms with Gasteiger partial charge in [-0.15, -0.1) is 0 Å². The van der Waals surface area contributed by atoms with Crippen molar-refractivity contribution in [3.8, 4) is 0 Å². The quantitative estimate of drug-likeness (QED) is 0.534. The number of hydrogen-bond acceptors (Lipinski definition) is 3. The predicted molar refractivity (Wildman–Crippen MR) is 65.4 cm³/mol. The average molecular weight is 236 g/mol. The lowest BCUT2D eigenvalue weighted by Gasteiger charge is -2.33. The number of piperidine rings is 1. The third-order valence-corrected chi connectivity index (χ3v) is 3.52. The Morgan fingerprint density at radius 1 is 1.24 bits per heavy atom. The van der Waals surface area contributed by atoms with Crippen LogP contribution in [-0.4, -0.2) is 48.2 Å². The number of amides is 1. The highest BCUT2D eigenvalue weighted by Gasteiger charge is 2.35. The first-order valence-corrected chi connectivity index (χ1v) is 6.32. The van der Waals surface area contributed by atoms with Crippen LogP contribution in [0.2, 0.25) is 0 Å². The van der Waals surface area contributed by atoms with Gasteiger partial charge in [-0.05, 0) is 12.8 Å². The molecule has 4 nitrogen and oxygen atoms in total. The molecule has 0 atom stereocenters. The van der Waals surface area contributed by atoms with Gasteiger partial charge in [-0.25, -0.2) is 0 Å². The van der Waals surface area contributed by atoms with E-state index in [0.29, 0.717) is 24.6 Å². The Morgan fingerprint density at radius 3 is 2.47 bits per heavy atom. The molecule has 0 bridgehead atoms. The number of carbonyl (C=O) groups excluding carboxylic acids is 2. The van der Waals surface area contributed by atoms with Crippen LogP contribution in [0.25, 0.3) is 0 Å². The number of rotatable bonds is 2. The van der Waals surface area contributed by atoms with Crippen LogP contribution in [0.3, 0.4) is 0 Å². The van der Waals surface area contributed by atoms with Crippen LogP contribution in [0.4, 0.5) is 0 Å². The molecule has 2 rings (SSSR count). The van der Waals surface area contributed by atoms with Gasteiger partial charge in [0.05, 0.1) is 5.57 Å². The fourth-order valence-electron chi connectivity index (χ4n) is 2.68. The van der Waals surface area contributed by atoms with E-state index in [1.54, 1.807) is 11.1 Å². The Hall–Kier alpha value is -1.32. The SMILES string of the molecule is CN(C)C=C1C(=O)CCN(C2CCCC2)C1=O. The third kappa shape index (κ3) is 2.51. The summed E-state index contributed by atoms with van der Waals surface area (Å²) >= 11 is 0. The van der Waals surface area contributed by atoms with Crippen molar-refractivity contribution in [1.82, 2.24) is 9.80 Å². The second kappa shape index (κ2) is 4.90. The van der Waals surface area contributed by atoms with Crippen LogP contribution < -0.4 is 0 Å². The summed E-state index contributed by atoms with van der Waals surface area (Å²) in [6, 6.07) is 0.362. The minimum absolute atomic E-state index is 0.0158. The fourth-order valence-corrected chi connectivity index (χ4v) is 2.68. The highest BCUT2D eigenvalue weighted by Crippen LogP contribution is 2.27. The minimum Gasteiger partial charge on any atom is -0.383 e. The largest absolute Gasteiger partial charge is 0.383 e. The van der Waals surface area contributed by atoms with E-state index in [1.807, 2.05) is 19.0 Å². The minimum atomic E-state index is -0.0677. The number of nitrogens with zero attached hydrogens (tertiary/aromatic N) is 2. The van der Waals surface area contributed by atoms with Crippen LogP contribution in [0.5, 0.6) is 0 Å². The predicted octanol–water partition coefficient (Wildman–Crippen LogP) is 1.18. The van der Waals surface area contributed by atoms with Gasteiger partial charge in [0.25, 0.3) is 5.91 Å². The van der Waals surface area contributed by atoms with Crippen molar-refractivity contribution in [1.29, 1.82) is 0 Å². The Kier molecular flexibility index (Phi) is 3.50. The van der Waals surface area contributed by atoms with Gasteiger partial charge in [-0.3, -0.25) is 9.59 Å². The van der Waals surface area contributed by atoms with Crippen molar-refractivity contribution in [2.75, 3.05) is 20.6 Å². The highest BCUT2D eigenvalue weighted by molar-refractivity contribution is 6.20. The first-order valence-electron chi connectivity index (χ1n) is 6.32. The Morgan fingerprint density at radius 2 is 1.88 bits per heavy atom. The lowest BCUT2D eigenvalue weighted by Crippen LogP contribution is -2.46. The number of ketones is 1.